The van der Waals surface area contributed by atoms with E-state index in [1.165, 1.54) is 6.20 Å². The number of hydrogen-bond donors (Lipinski definition) is 2. The Kier molecular flexibility index (Phi) is 4.14. The van der Waals surface area contributed by atoms with Gasteiger partial charge in [0.1, 0.15) is 5.54 Å². The van der Waals surface area contributed by atoms with Gasteiger partial charge in [0.25, 0.3) is 5.91 Å². The fourth-order valence-electron chi connectivity index (χ4n) is 3.00. The number of hydrogen-bond acceptors (Lipinski definition) is 3. The molecule has 6 nitrogen and oxygen atoms in total. The number of nitrogens with one attached hydrogen (secondary N) is 1. The Labute approximate surface area is 134 Å². The van der Waals surface area contributed by atoms with Crippen molar-refractivity contribution in [2.45, 2.75) is 37.6 Å². The topological polar surface area (TPSA) is 84.2 Å². The van der Waals surface area contributed by atoms with Crippen LogP contribution in [-0.2, 0) is 4.79 Å². The molecule has 0 unspecified atom stereocenters. The molecule has 3 rings (SSSR count). The molecule has 1 aliphatic carbocycles. The van der Waals surface area contributed by atoms with E-state index < -0.39 is 17.4 Å². The first-order valence-corrected chi connectivity index (χ1v) is 7.77. The highest BCUT2D eigenvalue weighted by molar-refractivity contribution is 5.97. The molecule has 1 heterocycles. The van der Waals surface area contributed by atoms with Crippen molar-refractivity contribution in [2.24, 2.45) is 0 Å². The molecule has 120 valence electrons. The lowest BCUT2D eigenvalue weighted by Gasteiger charge is -2.33. The average Bonchev–Trinajstić information content (AvgIpc) is 3.06. The summed E-state index contributed by atoms with van der Waals surface area (Å²) in [7, 11) is 0. The third-order valence-electron chi connectivity index (χ3n) is 4.33. The Bertz CT molecular complexity index is 703. The van der Waals surface area contributed by atoms with Gasteiger partial charge in [0, 0.05) is 6.20 Å². The summed E-state index contributed by atoms with van der Waals surface area (Å²) in [4.78, 5) is 24.1. The molecule has 23 heavy (non-hydrogen) atoms. The lowest BCUT2D eigenvalue weighted by Crippen LogP contribution is -2.55. The van der Waals surface area contributed by atoms with E-state index in [2.05, 4.69) is 10.4 Å². The molecule has 1 fully saturated rings. The summed E-state index contributed by atoms with van der Waals surface area (Å²) < 4.78 is 1.60. The van der Waals surface area contributed by atoms with Crippen LogP contribution in [0.25, 0.3) is 5.69 Å². The number of carboxylic acid groups (broad SMARTS) is 1. The number of carbonyl (C=O) groups is 2. The van der Waals surface area contributed by atoms with Gasteiger partial charge >= 0.3 is 5.97 Å². The first kappa shape index (κ1) is 15.3. The van der Waals surface area contributed by atoms with Crippen molar-refractivity contribution in [3.63, 3.8) is 0 Å². The molecular weight excluding hydrogens is 294 g/mol. The Balaban J connectivity index is 1.78. The molecule has 0 radical (unpaired) electrons. The molecule has 0 aliphatic heterocycles. The Morgan fingerprint density at radius 1 is 1.13 bits per heavy atom. The second kappa shape index (κ2) is 6.24. The van der Waals surface area contributed by atoms with Crippen molar-refractivity contribution in [1.82, 2.24) is 15.1 Å². The van der Waals surface area contributed by atoms with E-state index in [0.717, 1.165) is 24.9 Å². The Morgan fingerprint density at radius 2 is 1.83 bits per heavy atom. The summed E-state index contributed by atoms with van der Waals surface area (Å²) in [5.41, 5.74) is 0.0571. The van der Waals surface area contributed by atoms with Gasteiger partial charge in [-0.2, -0.15) is 5.10 Å². The lowest BCUT2D eigenvalue weighted by molar-refractivity contribution is -0.145. The molecule has 2 N–H and O–H groups in total. The fourth-order valence-corrected chi connectivity index (χ4v) is 3.00. The molecule has 0 spiro atoms. The van der Waals surface area contributed by atoms with Crippen LogP contribution in [-0.4, -0.2) is 32.3 Å². The summed E-state index contributed by atoms with van der Waals surface area (Å²) in [6.45, 7) is 0. The van der Waals surface area contributed by atoms with Crippen LogP contribution >= 0.6 is 0 Å². The monoisotopic (exact) mass is 313 g/mol. The maximum atomic E-state index is 12.4. The number of amides is 1. The number of carbonyl (C=O) groups excluding carboxylic acids is 1. The van der Waals surface area contributed by atoms with Crippen molar-refractivity contribution in [1.29, 1.82) is 0 Å². The van der Waals surface area contributed by atoms with Gasteiger partial charge in [-0.15, -0.1) is 0 Å². The minimum absolute atomic E-state index is 0.361. The molecule has 1 aromatic heterocycles. The number of para-hydroxylation sites is 1. The Hall–Kier alpha value is -2.63. The molecule has 0 bridgehead atoms. The highest BCUT2D eigenvalue weighted by Gasteiger charge is 2.41. The van der Waals surface area contributed by atoms with Gasteiger partial charge in [0.2, 0.25) is 0 Å². The summed E-state index contributed by atoms with van der Waals surface area (Å²) in [6.07, 6.45) is 6.66. The van der Waals surface area contributed by atoms with Gasteiger partial charge in [-0.3, -0.25) is 4.79 Å². The van der Waals surface area contributed by atoms with E-state index in [1.54, 1.807) is 10.9 Å². The van der Waals surface area contributed by atoms with Crippen LogP contribution in [0, 0.1) is 0 Å². The minimum atomic E-state index is -1.15. The highest BCUT2D eigenvalue weighted by atomic mass is 16.4. The van der Waals surface area contributed by atoms with Crippen LogP contribution in [0.3, 0.4) is 0 Å². The largest absolute Gasteiger partial charge is 0.480 e. The van der Waals surface area contributed by atoms with Crippen molar-refractivity contribution in [2.75, 3.05) is 0 Å². The van der Waals surface area contributed by atoms with Gasteiger partial charge in [0.15, 0.2) is 0 Å². The van der Waals surface area contributed by atoms with E-state index in [-0.39, 0.29) is 0 Å². The van der Waals surface area contributed by atoms with Crippen molar-refractivity contribution in [3.05, 3.63) is 48.3 Å². The van der Waals surface area contributed by atoms with Crippen LogP contribution in [0.4, 0.5) is 0 Å². The molecule has 6 heteroatoms. The summed E-state index contributed by atoms with van der Waals surface area (Å²) in [5.74, 6) is -1.35. The zero-order chi connectivity index (χ0) is 16.3. The Morgan fingerprint density at radius 3 is 2.48 bits per heavy atom. The zero-order valence-corrected chi connectivity index (χ0v) is 12.7. The zero-order valence-electron chi connectivity index (χ0n) is 12.7. The number of rotatable bonds is 4. The molecule has 1 amide bonds. The van der Waals surface area contributed by atoms with Crippen LogP contribution in [0.15, 0.2) is 42.7 Å². The number of aliphatic carboxylic acids is 1. The van der Waals surface area contributed by atoms with E-state index in [0.29, 0.717) is 18.4 Å². The molecule has 1 aromatic carbocycles. The predicted molar refractivity (Wildman–Crippen MR) is 84.5 cm³/mol. The summed E-state index contributed by atoms with van der Waals surface area (Å²) in [5, 5.41) is 16.4. The smallest absolute Gasteiger partial charge is 0.329 e. The molecule has 1 saturated carbocycles. The van der Waals surface area contributed by atoms with Crippen LogP contribution in [0.2, 0.25) is 0 Å². The SMILES string of the molecule is O=C(NC1(C(=O)O)CCCCC1)c1cnn(-c2ccccc2)c1. The summed E-state index contributed by atoms with van der Waals surface area (Å²) >= 11 is 0. The third-order valence-corrected chi connectivity index (χ3v) is 4.33. The second-order valence-electron chi connectivity index (χ2n) is 5.91. The van der Waals surface area contributed by atoms with Gasteiger partial charge in [-0.25, -0.2) is 9.48 Å². The van der Waals surface area contributed by atoms with Gasteiger partial charge in [0.05, 0.1) is 17.4 Å². The number of carboxylic acids is 1. The number of benzene rings is 1. The molecule has 0 atom stereocenters. The van der Waals surface area contributed by atoms with Gasteiger partial charge in [-0.05, 0) is 25.0 Å². The minimum Gasteiger partial charge on any atom is -0.480 e. The second-order valence-corrected chi connectivity index (χ2v) is 5.91. The predicted octanol–water partition coefficient (Wildman–Crippen LogP) is 2.39. The van der Waals surface area contributed by atoms with Crippen LogP contribution < -0.4 is 5.32 Å². The maximum absolute atomic E-state index is 12.4. The molecule has 0 saturated heterocycles. The molecule has 1 aliphatic rings. The highest BCUT2D eigenvalue weighted by Crippen LogP contribution is 2.28. The van der Waals surface area contributed by atoms with Crippen molar-refractivity contribution >= 4 is 11.9 Å². The quantitative estimate of drug-likeness (QED) is 0.907. The van der Waals surface area contributed by atoms with E-state index in [1.807, 2.05) is 30.3 Å². The number of nitrogens with zero attached hydrogens (tertiary/aromatic N) is 2. The standard InChI is InChI=1S/C17H19N3O3/c21-15(19-17(16(22)23)9-5-2-6-10-17)13-11-18-20(12-13)14-7-3-1-4-8-14/h1,3-4,7-8,11-12H,2,5-6,9-10H2,(H,19,21)(H,22,23). The molecule has 2 aromatic rings. The first-order chi connectivity index (χ1) is 11.1. The van der Waals surface area contributed by atoms with Crippen molar-refractivity contribution in [3.8, 4) is 5.69 Å². The molecular formula is C17H19N3O3. The van der Waals surface area contributed by atoms with Gasteiger partial charge < -0.3 is 10.4 Å². The summed E-state index contributed by atoms with van der Waals surface area (Å²) in [6, 6.07) is 9.44. The average molecular weight is 313 g/mol. The van der Waals surface area contributed by atoms with E-state index >= 15 is 0 Å². The fraction of sp³-hybridized carbons (Fsp3) is 0.353. The van der Waals surface area contributed by atoms with Crippen molar-refractivity contribution < 1.29 is 14.7 Å². The van der Waals surface area contributed by atoms with E-state index in [9.17, 15) is 14.7 Å². The van der Waals surface area contributed by atoms with Crippen LogP contribution in [0.1, 0.15) is 42.5 Å². The van der Waals surface area contributed by atoms with Crippen LogP contribution in [0.5, 0.6) is 0 Å². The first-order valence-electron chi connectivity index (χ1n) is 7.77. The van der Waals surface area contributed by atoms with E-state index in [4.69, 9.17) is 0 Å². The lowest BCUT2D eigenvalue weighted by atomic mass is 9.81. The normalized spacial score (nSPS) is 16.7. The third kappa shape index (κ3) is 3.11. The number of aromatic nitrogens is 2. The van der Waals surface area contributed by atoms with Gasteiger partial charge in [-0.1, -0.05) is 37.5 Å². The maximum Gasteiger partial charge on any atom is 0.329 e.